The third-order valence-electron chi connectivity index (χ3n) is 4.83. The molecule has 0 spiro atoms. The summed E-state index contributed by atoms with van der Waals surface area (Å²) in [6.07, 6.45) is 1.67. The van der Waals surface area contributed by atoms with Gasteiger partial charge in [-0.05, 0) is 44.0 Å². The summed E-state index contributed by atoms with van der Waals surface area (Å²) in [6.45, 7) is 6.38. The number of hydrogen-bond donors (Lipinski definition) is 1. The number of amides is 1. The van der Waals surface area contributed by atoms with Crippen LogP contribution < -0.4 is 5.32 Å². The van der Waals surface area contributed by atoms with Crippen LogP contribution >= 0.6 is 11.6 Å². The predicted molar refractivity (Wildman–Crippen MR) is 111 cm³/mol. The number of rotatable bonds is 4. The lowest BCUT2D eigenvalue weighted by molar-refractivity contribution is 0.0997. The van der Waals surface area contributed by atoms with Gasteiger partial charge in [-0.25, -0.2) is 4.68 Å². The molecule has 2 heterocycles. The molecule has 4 aromatic rings. The molecule has 28 heavy (non-hydrogen) atoms. The summed E-state index contributed by atoms with van der Waals surface area (Å²) in [6, 6.07) is 13.7. The Labute approximate surface area is 167 Å². The first kappa shape index (κ1) is 18.3. The molecule has 0 atom stereocenters. The van der Waals surface area contributed by atoms with Gasteiger partial charge < -0.3 is 9.73 Å². The van der Waals surface area contributed by atoms with E-state index in [2.05, 4.69) is 34.7 Å². The maximum atomic E-state index is 12.8. The molecular weight excluding hydrogens is 374 g/mol. The van der Waals surface area contributed by atoms with E-state index in [1.54, 1.807) is 16.9 Å². The average Bonchev–Trinajstić information content (AvgIpc) is 3.22. The van der Waals surface area contributed by atoms with E-state index in [1.807, 2.05) is 32.9 Å². The molecule has 2 aromatic carbocycles. The third-order valence-corrected chi connectivity index (χ3v) is 5.24. The van der Waals surface area contributed by atoms with Crippen LogP contribution in [0.1, 0.15) is 32.8 Å². The predicted octanol–water partition coefficient (Wildman–Crippen LogP) is 5.51. The number of furan rings is 1. The molecule has 1 amide bonds. The van der Waals surface area contributed by atoms with E-state index < -0.39 is 0 Å². The largest absolute Gasteiger partial charge is 0.451 e. The molecule has 0 unspecified atom stereocenters. The van der Waals surface area contributed by atoms with Crippen LogP contribution in [0.25, 0.3) is 11.0 Å². The molecule has 0 fully saturated rings. The Kier molecular flexibility index (Phi) is 4.69. The standard InChI is InChI=1S/C22H20ClN3O2/c1-13-4-6-16(7-5-13)12-26-20(8-9-24-26)25-22(27)21-15(3)17-11-18(23)14(2)10-19(17)28-21/h4-11H,12H2,1-3H3,(H,25,27). The highest BCUT2D eigenvalue weighted by Crippen LogP contribution is 2.30. The van der Waals surface area contributed by atoms with Gasteiger partial charge in [-0.15, -0.1) is 0 Å². The van der Waals surface area contributed by atoms with Crippen molar-refractivity contribution < 1.29 is 9.21 Å². The number of carbonyl (C=O) groups is 1. The molecule has 0 aliphatic heterocycles. The first-order valence-electron chi connectivity index (χ1n) is 9.00. The molecule has 0 aliphatic rings. The number of anilines is 1. The van der Waals surface area contributed by atoms with E-state index in [-0.39, 0.29) is 11.7 Å². The van der Waals surface area contributed by atoms with Gasteiger partial charge in [0.25, 0.3) is 5.91 Å². The number of aromatic nitrogens is 2. The van der Waals surface area contributed by atoms with Crippen LogP contribution in [0.5, 0.6) is 0 Å². The Morgan fingerprint density at radius 1 is 1.14 bits per heavy atom. The maximum absolute atomic E-state index is 12.8. The monoisotopic (exact) mass is 393 g/mol. The van der Waals surface area contributed by atoms with Crippen LogP contribution in [0.3, 0.4) is 0 Å². The molecule has 0 radical (unpaired) electrons. The van der Waals surface area contributed by atoms with Crippen LogP contribution in [0, 0.1) is 20.8 Å². The van der Waals surface area contributed by atoms with E-state index in [9.17, 15) is 4.79 Å². The summed E-state index contributed by atoms with van der Waals surface area (Å²) in [5.74, 6) is 0.576. The van der Waals surface area contributed by atoms with E-state index in [0.717, 1.165) is 22.1 Å². The number of halogens is 1. The SMILES string of the molecule is Cc1ccc(Cn2nccc2NC(=O)c2oc3cc(C)c(Cl)cc3c2C)cc1. The minimum Gasteiger partial charge on any atom is -0.451 e. The summed E-state index contributed by atoms with van der Waals surface area (Å²) in [4.78, 5) is 12.8. The highest BCUT2D eigenvalue weighted by Gasteiger charge is 2.20. The van der Waals surface area contributed by atoms with E-state index in [0.29, 0.717) is 23.0 Å². The van der Waals surface area contributed by atoms with Gasteiger partial charge in [-0.2, -0.15) is 5.10 Å². The lowest BCUT2D eigenvalue weighted by atomic mass is 10.1. The number of benzene rings is 2. The second kappa shape index (κ2) is 7.17. The summed E-state index contributed by atoms with van der Waals surface area (Å²) >= 11 is 6.22. The second-order valence-electron chi connectivity index (χ2n) is 6.97. The molecule has 5 nitrogen and oxygen atoms in total. The van der Waals surface area contributed by atoms with Gasteiger partial charge in [-0.1, -0.05) is 41.4 Å². The molecular formula is C22H20ClN3O2. The van der Waals surface area contributed by atoms with Crippen molar-refractivity contribution >= 4 is 34.3 Å². The number of nitrogens with one attached hydrogen (secondary N) is 1. The normalized spacial score (nSPS) is 11.1. The molecule has 2 aromatic heterocycles. The molecule has 0 bridgehead atoms. The third kappa shape index (κ3) is 3.41. The number of hydrogen-bond acceptors (Lipinski definition) is 3. The Balaban J connectivity index is 1.59. The number of carbonyl (C=O) groups excluding carboxylic acids is 1. The van der Waals surface area contributed by atoms with Crippen molar-refractivity contribution in [1.82, 2.24) is 9.78 Å². The Morgan fingerprint density at radius 3 is 2.64 bits per heavy atom. The van der Waals surface area contributed by atoms with Crippen molar-refractivity contribution in [3.63, 3.8) is 0 Å². The Hall–Kier alpha value is -3.05. The molecule has 0 aliphatic carbocycles. The first-order chi connectivity index (χ1) is 13.4. The van der Waals surface area contributed by atoms with E-state index in [4.69, 9.17) is 16.0 Å². The summed E-state index contributed by atoms with van der Waals surface area (Å²) < 4.78 is 7.57. The Bertz CT molecular complexity index is 1170. The van der Waals surface area contributed by atoms with E-state index >= 15 is 0 Å². The van der Waals surface area contributed by atoms with Crippen LogP contribution in [0.4, 0.5) is 5.82 Å². The quantitative estimate of drug-likeness (QED) is 0.497. The van der Waals surface area contributed by atoms with Gasteiger partial charge in [0.05, 0.1) is 12.7 Å². The molecule has 4 rings (SSSR count). The fourth-order valence-electron chi connectivity index (χ4n) is 3.16. The first-order valence-corrected chi connectivity index (χ1v) is 9.38. The fraction of sp³-hybridized carbons (Fsp3) is 0.182. The highest BCUT2D eigenvalue weighted by molar-refractivity contribution is 6.32. The number of aryl methyl sites for hydroxylation is 3. The maximum Gasteiger partial charge on any atom is 0.292 e. The van der Waals surface area contributed by atoms with Gasteiger partial charge in [0, 0.05) is 22.0 Å². The van der Waals surface area contributed by atoms with Crippen molar-refractivity contribution in [1.29, 1.82) is 0 Å². The van der Waals surface area contributed by atoms with Crippen molar-refractivity contribution in [2.75, 3.05) is 5.32 Å². The van der Waals surface area contributed by atoms with Crippen LogP contribution in [0.15, 0.2) is 53.1 Å². The van der Waals surface area contributed by atoms with Gasteiger partial charge in [0.15, 0.2) is 5.76 Å². The van der Waals surface area contributed by atoms with Crippen LogP contribution in [-0.2, 0) is 6.54 Å². The summed E-state index contributed by atoms with van der Waals surface area (Å²) in [5.41, 5.74) is 4.63. The number of nitrogens with zero attached hydrogens (tertiary/aromatic N) is 2. The zero-order valence-electron chi connectivity index (χ0n) is 15.9. The van der Waals surface area contributed by atoms with Gasteiger partial charge in [-0.3, -0.25) is 4.79 Å². The summed E-state index contributed by atoms with van der Waals surface area (Å²) in [5, 5.41) is 8.72. The van der Waals surface area contributed by atoms with E-state index in [1.165, 1.54) is 5.56 Å². The highest BCUT2D eigenvalue weighted by atomic mass is 35.5. The second-order valence-corrected chi connectivity index (χ2v) is 7.37. The average molecular weight is 394 g/mol. The minimum absolute atomic E-state index is 0.278. The Morgan fingerprint density at radius 2 is 1.89 bits per heavy atom. The van der Waals surface area contributed by atoms with Gasteiger partial charge in [0.2, 0.25) is 0 Å². The minimum atomic E-state index is -0.312. The molecule has 0 saturated heterocycles. The zero-order chi connectivity index (χ0) is 19.8. The van der Waals surface area contributed by atoms with Crippen LogP contribution in [0.2, 0.25) is 5.02 Å². The van der Waals surface area contributed by atoms with Gasteiger partial charge >= 0.3 is 0 Å². The van der Waals surface area contributed by atoms with Crippen molar-refractivity contribution in [2.45, 2.75) is 27.3 Å². The van der Waals surface area contributed by atoms with Crippen molar-refractivity contribution in [2.24, 2.45) is 0 Å². The summed E-state index contributed by atoms with van der Waals surface area (Å²) in [7, 11) is 0. The molecule has 0 saturated carbocycles. The van der Waals surface area contributed by atoms with Crippen molar-refractivity contribution in [3.05, 3.63) is 81.7 Å². The number of fused-ring (bicyclic) bond motifs is 1. The zero-order valence-corrected chi connectivity index (χ0v) is 16.7. The molecule has 6 heteroatoms. The lowest BCUT2D eigenvalue weighted by Crippen LogP contribution is -2.16. The lowest BCUT2D eigenvalue weighted by Gasteiger charge is -2.09. The van der Waals surface area contributed by atoms with Gasteiger partial charge in [0.1, 0.15) is 11.4 Å². The molecule has 1 N–H and O–H groups in total. The smallest absolute Gasteiger partial charge is 0.292 e. The molecule has 142 valence electrons. The fourth-order valence-corrected chi connectivity index (χ4v) is 3.33. The van der Waals surface area contributed by atoms with Crippen molar-refractivity contribution in [3.8, 4) is 0 Å². The topological polar surface area (TPSA) is 60.1 Å². The van der Waals surface area contributed by atoms with Crippen LogP contribution in [-0.4, -0.2) is 15.7 Å².